The lowest BCUT2D eigenvalue weighted by atomic mass is 9.57. The van der Waals surface area contributed by atoms with Gasteiger partial charge in [-0.2, -0.15) is 0 Å². The van der Waals surface area contributed by atoms with Crippen molar-refractivity contribution in [1.82, 2.24) is 4.98 Å². The normalized spacial score (nSPS) is 28.8. The van der Waals surface area contributed by atoms with E-state index in [4.69, 9.17) is 0 Å². The topological polar surface area (TPSA) is 62.2 Å². The van der Waals surface area contributed by atoms with Gasteiger partial charge in [0.1, 0.15) is 0 Å². The summed E-state index contributed by atoms with van der Waals surface area (Å²) in [5.41, 5.74) is 4.58. The van der Waals surface area contributed by atoms with E-state index in [1.54, 1.807) is 6.20 Å². The zero-order valence-corrected chi connectivity index (χ0v) is 17.8. The van der Waals surface area contributed by atoms with Crippen molar-refractivity contribution < 1.29 is 9.90 Å². The lowest BCUT2D eigenvalue weighted by Crippen LogP contribution is -2.46. The van der Waals surface area contributed by atoms with E-state index in [0.717, 1.165) is 56.3 Å². The van der Waals surface area contributed by atoms with Crippen molar-refractivity contribution >= 4 is 11.6 Å². The number of pyridine rings is 1. The van der Waals surface area contributed by atoms with Crippen LogP contribution in [-0.2, 0) is 11.8 Å². The lowest BCUT2D eigenvalue weighted by molar-refractivity contribution is -0.0340. The average molecular weight is 393 g/mol. The number of fused-ring (bicyclic) bond motifs is 3. The molecule has 1 aromatic heterocycles. The Kier molecular flexibility index (Phi) is 5.24. The fourth-order valence-corrected chi connectivity index (χ4v) is 5.69. The predicted molar refractivity (Wildman–Crippen MR) is 116 cm³/mol. The number of carbonyl (C=O) groups is 1. The van der Waals surface area contributed by atoms with E-state index < -0.39 is 5.60 Å². The molecule has 1 unspecified atom stereocenters. The molecule has 2 N–H and O–H groups in total. The number of aryl methyl sites for hydroxylation is 2. The molecular formula is C25H32N2O2. The maximum absolute atomic E-state index is 12.9. The van der Waals surface area contributed by atoms with E-state index >= 15 is 0 Å². The van der Waals surface area contributed by atoms with Crippen LogP contribution in [0.25, 0.3) is 0 Å². The number of aliphatic hydroxyl groups is 1. The number of rotatable bonds is 3. The number of aromatic nitrogens is 1. The van der Waals surface area contributed by atoms with E-state index in [9.17, 15) is 9.90 Å². The van der Waals surface area contributed by atoms with Gasteiger partial charge in [-0.3, -0.25) is 9.78 Å². The SMILES string of the molecule is CCC12CC[C@@](C)(O)C[C@@H]1CCCc1cc(C(=O)Nc3cccnc3C)ccc12. The van der Waals surface area contributed by atoms with E-state index in [0.29, 0.717) is 11.5 Å². The first-order chi connectivity index (χ1) is 13.8. The molecule has 0 saturated heterocycles. The summed E-state index contributed by atoms with van der Waals surface area (Å²) in [5, 5.41) is 13.7. The first-order valence-electron chi connectivity index (χ1n) is 10.9. The second kappa shape index (κ2) is 7.56. The number of carbonyl (C=O) groups excluding carboxylic acids is 1. The van der Waals surface area contributed by atoms with Crippen molar-refractivity contribution in [2.45, 2.75) is 76.7 Å². The van der Waals surface area contributed by atoms with Gasteiger partial charge in [0.2, 0.25) is 0 Å². The van der Waals surface area contributed by atoms with E-state index in [1.165, 1.54) is 11.1 Å². The lowest BCUT2D eigenvalue weighted by Gasteiger charge is -2.49. The molecule has 1 amide bonds. The molecule has 2 aliphatic carbocycles. The number of anilines is 1. The number of hydrogen-bond donors (Lipinski definition) is 2. The monoisotopic (exact) mass is 392 g/mol. The Morgan fingerprint density at radius 1 is 1.31 bits per heavy atom. The molecule has 0 spiro atoms. The van der Waals surface area contributed by atoms with Gasteiger partial charge in [0, 0.05) is 11.8 Å². The summed E-state index contributed by atoms with van der Waals surface area (Å²) in [7, 11) is 0. The molecule has 0 aliphatic heterocycles. The Bertz CT molecular complexity index is 921. The number of amides is 1. The van der Waals surface area contributed by atoms with Gasteiger partial charge in [-0.15, -0.1) is 0 Å². The van der Waals surface area contributed by atoms with Gasteiger partial charge in [-0.25, -0.2) is 0 Å². The van der Waals surface area contributed by atoms with Crippen molar-refractivity contribution in [1.29, 1.82) is 0 Å². The maximum Gasteiger partial charge on any atom is 0.255 e. The Balaban J connectivity index is 1.66. The minimum absolute atomic E-state index is 0.0816. The zero-order chi connectivity index (χ0) is 20.6. The Labute approximate surface area is 173 Å². The highest BCUT2D eigenvalue weighted by Crippen LogP contribution is 2.53. The molecule has 0 bridgehead atoms. The third-order valence-electron chi connectivity index (χ3n) is 7.37. The molecule has 2 aliphatic rings. The smallest absolute Gasteiger partial charge is 0.255 e. The summed E-state index contributed by atoms with van der Waals surface area (Å²) in [6.45, 7) is 6.18. The highest BCUT2D eigenvalue weighted by Gasteiger charge is 2.48. The molecule has 1 fully saturated rings. The molecular weight excluding hydrogens is 360 g/mol. The highest BCUT2D eigenvalue weighted by molar-refractivity contribution is 6.04. The Morgan fingerprint density at radius 3 is 2.90 bits per heavy atom. The molecule has 4 nitrogen and oxygen atoms in total. The molecule has 154 valence electrons. The van der Waals surface area contributed by atoms with Crippen molar-refractivity contribution in [2.75, 3.05) is 5.32 Å². The van der Waals surface area contributed by atoms with E-state index in [2.05, 4.69) is 29.4 Å². The molecule has 4 rings (SSSR count). The van der Waals surface area contributed by atoms with Crippen molar-refractivity contribution in [3.05, 3.63) is 58.9 Å². The summed E-state index contributed by atoms with van der Waals surface area (Å²) in [5.74, 6) is 0.428. The molecule has 3 atom stereocenters. The predicted octanol–water partition coefficient (Wildman–Crippen LogP) is 5.18. The van der Waals surface area contributed by atoms with Gasteiger partial charge >= 0.3 is 0 Å². The number of hydrogen-bond acceptors (Lipinski definition) is 3. The van der Waals surface area contributed by atoms with Crippen LogP contribution in [0.1, 0.15) is 79.6 Å². The third-order valence-corrected chi connectivity index (χ3v) is 7.37. The van der Waals surface area contributed by atoms with Crippen LogP contribution < -0.4 is 5.32 Å². The number of nitrogens with one attached hydrogen (secondary N) is 1. The standard InChI is InChI=1S/C25H32N2O2/c1-4-25-13-12-24(3,29)16-20(25)8-5-7-18-15-19(10-11-21(18)25)23(28)27-22-9-6-14-26-17(22)2/h6,9-11,14-15,20,29H,4-5,7-8,12-13,16H2,1-3H3,(H,27,28)/t20-,24+,25?/m0/s1. The maximum atomic E-state index is 12.9. The molecule has 1 aromatic carbocycles. The largest absolute Gasteiger partial charge is 0.390 e. The fourth-order valence-electron chi connectivity index (χ4n) is 5.69. The van der Waals surface area contributed by atoms with Crippen LogP contribution in [0.5, 0.6) is 0 Å². The molecule has 0 radical (unpaired) electrons. The van der Waals surface area contributed by atoms with Gasteiger partial charge in [0.15, 0.2) is 0 Å². The third kappa shape index (κ3) is 3.71. The molecule has 1 heterocycles. The summed E-state index contributed by atoms with van der Waals surface area (Å²) < 4.78 is 0. The van der Waals surface area contributed by atoms with Crippen LogP contribution in [0, 0.1) is 12.8 Å². The number of benzene rings is 1. The van der Waals surface area contributed by atoms with Crippen molar-refractivity contribution in [3.8, 4) is 0 Å². The summed E-state index contributed by atoms with van der Waals surface area (Å²) in [6.07, 6.45) is 8.83. The van der Waals surface area contributed by atoms with Crippen LogP contribution >= 0.6 is 0 Å². The van der Waals surface area contributed by atoms with Gasteiger partial charge in [0.05, 0.1) is 17.0 Å². The number of nitrogens with zero attached hydrogens (tertiary/aromatic N) is 1. The molecule has 29 heavy (non-hydrogen) atoms. The van der Waals surface area contributed by atoms with Gasteiger partial charge in [0.25, 0.3) is 5.91 Å². The fraction of sp³-hybridized carbons (Fsp3) is 0.520. The van der Waals surface area contributed by atoms with Crippen LogP contribution in [0.3, 0.4) is 0 Å². The first kappa shape index (κ1) is 20.1. The van der Waals surface area contributed by atoms with Gasteiger partial charge < -0.3 is 10.4 Å². The quantitative estimate of drug-likeness (QED) is 0.757. The van der Waals surface area contributed by atoms with Crippen LogP contribution in [-0.4, -0.2) is 21.6 Å². The second-order valence-electron chi connectivity index (χ2n) is 9.26. The molecule has 2 aromatic rings. The zero-order valence-electron chi connectivity index (χ0n) is 17.8. The molecule has 1 saturated carbocycles. The second-order valence-corrected chi connectivity index (χ2v) is 9.26. The molecule has 4 heteroatoms. The van der Waals surface area contributed by atoms with E-state index in [-0.39, 0.29) is 11.3 Å². The van der Waals surface area contributed by atoms with Crippen molar-refractivity contribution in [3.63, 3.8) is 0 Å². The first-order valence-corrected chi connectivity index (χ1v) is 10.9. The van der Waals surface area contributed by atoms with Gasteiger partial charge in [-0.1, -0.05) is 13.0 Å². The van der Waals surface area contributed by atoms with Crippen molar-refractivity contribution in [2.24, 2.45) is 5.92 Å². The van der Waals surface area contributed by atoms with Crippen LogP contribution in [0.15, 0.2) is 36.5 Å². The van der Waals surface area contributed by atoms with Gasteiger partial charge in [-0.05, 0) is 106 Å². The highest BCUT2D eigenvalue weighted by atomic mass is 16.3. The Morgan fingerprint density at radius 2 is 2.14 bits per heavy atom. The average Bonchev–Trinajstić information content (AvgIpc) is 2.85. The summed E-state index contributed by atoms with van der Waals surface area (Å²) in [6, 6.07) is 9.99. The van der Waals surface area contributed by atoms with Crippen LogP contribution in [0.4, 0.5) is 5.69 Å². The minimum Gasteiger partial charge on any atom is -0.390 e. The van der Waals surface area contributed by atoms with E-state index in [1.807, 2.05) is 32.0 Å². The summed E-state index contributed by atoms with van der Waals surface area (Å²) >= 11 is 0. The van der Waals surface area contributed by atoms with Crippen LogP contribution in [0.2, 0.25) is 0 Å². The minimum atomic E-state index is -0.546. The Hall–Kier alpha value is -2.20. The summed E-state index contributed by atoms with van der Waals surface area (Å²) in [4.78, 5) is 17.1.